The van der Waals surface area contributed by atoms with E-state index in [4.69, 9.17) is 0 Å². The fourth-order valence-corrected chi connectivity index (χ4v) is 6.45. The van der Waals surface area contributed by atoms with E-state index in [1.54, 1.807) is 25.8 Å². The van der Waals surface area contributed by atoms with Crippen molar-refractivity contribution in [2.75, 3.05) is 26.7 Å². The van der Waals surface area contributed by atoms with Crippen molar-refractivity contribution in [3.8, 4) is 0 Å². The molecule has 0 aromatic heterocycles. The average molecular weight is 540 g/mol. The van der Waals surface area contributed by atoms with Crippen molar-refractivity contribution in [2.24, 2.45) is 11.8 Å². The number of aliphatic carboxylic acids is 1. The summed E-state index contributed by atoms with van der Waals surface area (Å²) in [5, 5.41) is 9.65. The summed E-state index contributed by atoms with van der Waals surface area (Å²) in [7, 11) is 1.56. The first-order valence-corrected chi connectivity index (χ1v) is 14.0. The molecule has 4 atom stereocenters. The Kier molecular flexibility index (Phi) is 7.76. The number of rotatable bonds is 9. The monoisotopic (exact) mass is 539 g/mol. The van der Waals surface area contributed by atoms with Crippen molar-refractivity contribution < 1.29 is 19.5 Å². The van der Waals surface area contributed by atoms with Crippen LogP contribution in [0.15, 0.2) is 91.0 Å². The van der Waals surface area contributed by atoms with E-state index in [9.17, 15) is 19.5 Å². The van der Waals surface area contributed by atoms with Gasteiger partial charge in [-0.3, -0.25) is 14.5 Å². The Morgan fingerprint density at radius 3 is 1.73 bits per heavy atom. The van der Waals surface area contributed by atoms with Gasteiger partial charge in [-0.15, -0.1) is 0 Å². The van der Waals surface area contributed by atoms with Crippen LogP contribution < -0.4 is 0 Å². The van der Waals surface area contributed by atoms with Crippen LogP contribution in [0.4, 0.5) is 0 Å². The van der Waals surface area contributed by atoms with Crippen LogP contribution in [0.25, 0.3) is 0 Å². The van der Waals surface area contributed by atoms with Gasteiger partial charge in [-0.2, -0.15) is 0 Å². The van der Waals surface area contributed by atoms with Crippen molar-refractivity contribution in [3.63, 3.8) is 0 Å². The molecule has 2 unspecified atom stereocenters. The zero-order valence-electron chi connectivity index (χ0n) is 23.3. The van der Waals surface area contributed by atoms with Crippen LogP contribution in [0, 0.1) is 11.8 Å². The first-order valence-electron chi connectivity index (χ1n) is 14.0. The third-order valence-electron chi connectivity index (χ3n) is 8.40. The number of nitrogens with zero attached hydrogens (tertiary/aromatic N) is 3. The summed E-state index contributed by atoms with van der Waals surface area (Å²) in [6.07, 6.45) is 0.535. The molecule has 208 valence electrons. The van der Waals surface area contributed by atoms with Gasteiger partial charge in [0.1, 0.15) is 12.1 Å². The number of carbonyl (C=O) groups is 3. The van der Waals surface area contributed by atoms with Gasteiger partial charge in [0.05, 0.1) is 11.5 Å². The number of likely N-dealkylation sites (N-methyl/N-ethyl adjacent to an activating group) is 1. The second kappa shape index (κ2) is 11.3. The van der Waals surface area contributed by atoms with Gasteiger partial charge in [-0.1, -0.05) is 105 Å². The number of carbonyl (C=O) groups excluding carboxylic acids is 2. The van der Waals surface area contributed by atoms with E-state index in [-0.39, 0.29) is 23.8 Å². The van der Waals surface area contributed by atoms with Crippen LogP contribution in [-0.2, 0) is 19.9 Å². The summed E-state index contributed by atoms with van der Waals surface area (Å²) >= 11 is 0. The average Bonchev–Trinajstić information content (AvgIpc) is 3.60. The van der Waals surface area contributed by atoms with Gasteiger partial charge in [0.25, 0.3) is 0 Å². The van der Waals surface area contributed by atoms with Crippen LogP contribution in [0.3, 0.4) is 0 Å². The lowest BCUT2D eigenvalue weighted by molar-refractivity contribution is -0.152. The largest absolute Gasteiger partial charge is 0.480 e. The number of carboxylic acid groups (broad SMARTS) is 1. The molecule has 2 aliphatic rings. The number of carboxylic acids is 1. The quantitative estimate of drug-likeness (QED) is 0.328. The van der Waals surface area contributed by atoms with Crippen LogP contribution in [-0.4, -0.2) is 76.4 Å². The normalized spacial score (nSPS) is 21.2. The molecule has 2 fully saturated rings. The summed E-state index contributed by atoms with van der Waals surface area (Å²) in [5.74, 6) is -1.82. The molecular weight excluding hydrogens is 502 g/mol. The van der Waals surface area contributed by atoms with E-state index in [0.717, 1.165) is 16.7 Å². The highest BCUT2D eigenvalue weighted by Crippen LogP contribution is 2.48. The molecule has 0 aliphatic carbocycles. The van der Waals surface area contributed by atoms with Crippen molar-refractivity contribution in [2.45, 2.75) is 37.9 Å². The molecule has 0 radical (unpaired) electrons. The summed E-state index contributed by atoms with van der Waals surface area (Å²) < 4.78 is 0. The number of benzene rings is 3. The predicted octanol–water partition coefficient (Wildman–Crippen LogP) is 4.08. The molecule has 0 spiro atoms. The third kappa shape index (κ3) is 4.90. The summed E-state index contributed by atoms with van der Waals surface area (Å²) in [6, 6.07) is 29.7. The molecular formula is C33H37N3O4. The fourth-order valence-electron chi connectivity index (χ4n) is 6.45. The molecule has 2 amide bonds. The topological polar surface area (TPSA) is 80.9 Å². The highest BCUT2D eigenvalue weighted by molar-refractivity contribution is 5.89. The molecule has 40 heavy (non-hydrogen) atoms. The zero-order valence-corrected chi connectivity index (χ0v) is 23.3. The number of amides is 2. The van der Waals surface area contributed by atoms with Crippen LogP contribution >= 0.6 is 0 Å². The van der Waals surface area contributed by atoms with E-state index >= 15 is 0 Å². The van der Waals surface area contributed by atoms with E-state index < -0.39 is 23.5 Å². The Morgan fingerprint density at radius 1 is 0.825 bits per heavy atom. The first-order chi connectivity index (χ1) is 19.3. The summed E-state index contributed by atoms with van der Waals surface area (Å²) in [5.41, 5.74) is 2.62. The highest BCUT2D eigenvalue weighted by atomic mass is 16.4. The smallest absolute Gasteiger partial charge is 0.326 e. The summed E-state index contributed by atoms with van der Waals surface area (Å²) in [6.45, 7) is 5.00. The van der Waals surface area contributed by atoms with Gasteiger partial charge < -0.3 is 14.9 Å². The van der Waals surface area contributed by atoms with Crippen LogP contribution in [0.2, 0.25) is 0 Å². The molecule has 2 aliphatic heterocycles. The fraction of sp³-hybridized carbons (Fsp3) is 0.364. The maximum Gasteiger partial charge on any atom is 0.326 e. The predicted molar refractivity (Wildman–Crippen MR) is 153 cm³/mol. The highest BCUT2D eigenvalue weighted by Gasteiger charge is 2.57. The van der Waals surface area contributed by atoms with Crippen LogP contribution in [0.5, 0.6) is 0 Å². The second-order valence-corrected chi connectivity index (χ2v) is 11.2. The minimum absolute atomic E-state index is 0.0174. The molecule has 7 heteroatoms. The van der Waals surface area contributed by atoms with Crippen molar-refractivity contribution in [1.29, 1.82) is 0 Å². The number of likely N-dealkylation sites (tertiary alicyclic amines) is 1. The van der Waals surface area contributed by atoms with E-state index in [0.29, 0.717) is 26.1 Å². The maximum atomic E-state index is 13.9. The number of hydrogen-bond donors (Lipinski definition) is 1. The Hall–Kier alpha value is -3.97. The molecule has 3 aromatic carbocycles. The van der Waals surface area contributed by atoms with Crippen molar-refractivity contribution in [3.05, 3.63) is 108 Å². The Labute approximate surface area is 236 Å². The number of hydrogen-bond acceptors (Lipinski definition) is 4. The van der Waals surface area contributed by atoms with Gasteiger partial charge in [-0.25, -0.2) is 4.79 Å². The van der Waals surface area contributed by atoms with E-state index in [1.165, 1.54) is 4.90 Å². The molecule has 2 saturated heterocycles. The molecule has 3 aromatic rings. The second-order valence-electron chi connectivity index (χ2n) is 11.2. The van der Waals surface area contributed by atoms with Crippen molar-refractivity contribution in [1.82, 2.24) is 14.7 Å². The van der Waals surface area contributed by atoms with Gasteiger partial charge >= 0.3 is 5.97 Å². The van der Waals surface area contributed by atoms with E-state index in [1.807, 2.05) is 54.6 Å². The minimum Gasteiger partial charge on any atom is -0.480 e. The van der Waals surface area contributed by atoms with Gasteiger partial charge in [0.2, 0.25) is 11.8 Å². The third-order valence-corrected chi connectivity index (χ3v) is 8.40. The van der Waals surface area contributed by atoms with Gasteiger partial charge in [-0.05, 0) is 29.0 Å². The lowest BCUT2D eigenvalue weighted by Crippen LogP contribution is -2.48. The Balaban J connectivity index is 1.41. The minimum atomic E-state index is -1.01. The molecule has 0 saturated carbocycles. The van der Waals surface area contributed by atoms with Gasteiger partial charge in [0.15, 0.2) is 0 Å². The lowest BCUT2D eigenvalue weighted by Gasteiger charge is -2.38. The summed E-state index contributed by atoms with van der Waals surface area (Å²) in [4.78, 5) is 44.3. The standard InChI is InChI=1S/C33H37N3O4/c1-23(2)29(32(39)40)34(3)30(37)24-19-20-35(21-24)31(38)28-22-36(28)33(25-13-7-4-8-14-25,26-15-9-5-10-16-26)27-17-11-6-12-18-27/h4-18,23-24,28-29H,19-22H2,1-3H3,(H,39,40)/t24-,28?,29-,36?/m0/s1. The Morgan fingerprint density at radius 2 is 1.30 bits per heavy atom. The first kappa shape index (κ1) is 27.6. The zero-order chi connectivity index (χ0) is 28.4. The maximum absolute atomic E-state index is 13.9. The molecule has 5 rings (SSSR count). The van der Waals surface area contributed by atoms with E-state index in [2.05, 4.69) is 41.3 Å². The SMILES string of the molecule is CC(C)[C@@H](C(=O)O)N(C)C(=O)[C@H]1CCN(C(=O)C2CN2C(c2ccccc2)(c2ccccc2)c2ccccc2)C1. The molecule has 1 N–H and O–H groups in total. The molecule has 0 bridgehead atoms. The molecule has 2 heterocycles. The lowest BCUT2D eigenvalue weighted by atomic mass is 9.76. The van der Waals surface area contributed by atoms with Crippen molar-refractivity contribution >= 4 is 17.8 Å². The van der Waals surface area contributed by atoms with Gasteiger partial charge in [0, 0.05) is 26.7 Å². The van der Waals surface area contributed by atoms with Crippen LogP contribution in [0.1, 0.15) is 37.0 Å². The molecule has 7 nitrogen and oxygen atoms in total. The Bertz CT molecular complexity index is 1250.